The van der Waals surface area contributed by atoms with Crippen molar-refractivity contribution in [3.8, 4) is 0 Å². The van der Waals surface area contributed by atoms with Gasteiger partial charge >= 0.3 is 5.97 Å². The molecule has 24 heavy (non-hydrogen) atoms. The topological polar surface area (TPSA) is 71.3 Å². The van der Waals surface area contributed by atoms with Gasteiger partial charge in [0.2, 0.25) is 5.91 Å². The molecule has 1 heterocycles. The van der Waals surface area contributed by atoms with Gasteiger partial charge in [-0.3, -0.25) is 4.79 Å². The number of aliphatic carboxylic acids is 1. The molecule has 1 aromatic heterocycles. The number of hydrogen-bond donors (Lipinski definition) is 2. The van der Waals surface area contributed by atoms with Crippen molar-refractivity contribution in [2.75, 3.05) is 5.32 Å². The maximum Gasteiger partial charge on any atom is 0.328 e. The fourth-order valence-electron chi connectivity index (χ4n) is 2.29. The van der Waals surface area contributed by atoms with Gasteiger partial charge in [0.05, 0.1) is 0 Å². The van der Waals surface area contributed by atoms with E-state index in [1.807, 2.05) is 24.3 Å². The van der Waals surface area contributed by atoms with Crippen molar-refractivity contribution in [2.24, 2.45) is 0 Å². The van der Waals surface area contributed by atoms with Crippen LogP contribution in [0.3, 0.4) is 0 Å². The predicted molar refractivity (Wildman–Crippen MR) is 94.9 cm³/mol. The van der Waals surface area contributed by atoms with Crippen LogP contribution in [-0.4, -0.2) is 21.6 Å². The first-order valence-electron chi connectivity index (χ1n) is 7.72. The van der Waals surface area contributed by atoms with Gasteiger partial charge in [0.1, 0.15) is 6.54 Å². The van der Waals surface area contributed by atoms with Crippen LogP contribution >= 0.6 is 0 Å². The van der Waals surface area contributed by atoms with Crippen molar-refractivity contribution in [3.63, 3.8) is 0 Å². The standard InChI is InChI=1S/C19H22N2O3/c1-19(2,3)14-6-8-15(9-7-14)20-17(22)13-21-12-4-5-16(21)10-11-18(23)24/h4-12H,13H2,1-3H3,(H,20,22)(H,23,24)/b11-10+. The molecule has 0 saturated heterocycles. The second kappa shape index (κ2) is 7.17. The van der Waals surface area contributed by atoms with Crippen molar-refractivity contribution in [3.05, 3.63) is 59.9 Å². The van der Waals surface area contributed by atoms with E-state index < -0.39 is 5.97 Å². The number of carbonyl (C=O) groups excluding carboxylic acids is 1. The summed E-state index contributed by atoms with van der Waals surface area (Å²) >= 11 is 0. The lowest BCUT2D eigenvalue weighted by Gasteiger charge is -2.19. The maximum absolute atomic E-state index is 12.2. The Labute approximate surface area is 141 Å². The third-order valence-corrected chi connectivity index (χ3v) is 3.61. The Morgan fingerprint density at radius 1 is 1.17 bits per heavy atom. The third kappa shape index (κ3) is 4.84. The molecule has 1 aromatic carbocycles. The Morgan fingerprint density at radius 2 is 1.83 bits per heavy atom. The third-order valence-electron chi connectivity index (χ3n) is 3.61. The number of aromatic nitrogens is 1. The van der Waals surface area contributed by atoms with Crippen LogP contribution in [0.5, 0.6) is 0 Å². The SMILES string of the molecule is CC(C)(C)c1ccc(NC(=O)Cn2cccc2/C=C/C(=O)O)cc1. The molecule has 2 N–H and O–H groups in total. The highest BCUT2D eigenvalue weighted by atomic mass is 16.4. The number of hydrogen-bond acceptors (Lipinski definition) is 2. The summed E-state index contributed by atoms with van der Waals surface area (Å²) in [6.07, 6.45) is 4.26. The molecule has 0 spiro atoms. The minimum Gasteiger partial charge on any atom is -0.478 e. The molecule has 0 unspecified atom stereocenters. The van der Waals surface area contributed by atoms with Gasteiger partial charge < -0.3 is 15.0 Å². The molecule has 126 valence electrons. The Bertz CT molecular complexity index is 750. The normalized spacial score (nSPS) is 11.6. The average molecular weight is 326 g/mol. The Balaban J connectivity index is 2.01. The van der Waals surface area contributed by atoms with Crippen LogP contribution in [-0.2, 0) is 21.5 Å². The molecule has 0 radical (unpaired) electrons. The van der Waals surface area contributed by atoms with Crippen molar-refractivity contribution in [1.82, 2.24) is 4.57 Å². The van der Waals surface area contributed by atoms with Crippen molar-refractivity contribution >= 4 is 23.6 Å². The van der Waals surface area contributed by atoms with E-state index in [1.165, 1.54) is 11.6 Å². The minimum absolute atomic E-state index is 0.0685. The van der Waals surface area contributed by atoms with Crippen LogP contribution in [0.25, 0.3) is 6.08 Å². The van der Waals surface area contributed by atoms with Gasteiger partial charge in [-0.1, -0.05) is 32.9 Å². The lowest BCUT2D eigenvalue weighted by molar-refractivity contribution is -0.131. The van der Waals surface area contributed by atoms with E-state index in [0.29, 0.717) is 5.69 Å². The van der Waals surface area contributed by atoms with Crippen LogP contribution in [0.2, 0.25) is 0 Å². The van der Waals surface area contributed by atoms with Crippen LogP contribution in [0.4, 0.5) is 5.69 Å². The summed E-state index contributed by atoms with van der Waals surface area (Å²) in [6, 6.07) is 11.3. The van der Waals surface area contributed by atoms with E-state index in [2.05, 4.69) is 26.1 Å². The molecule has 0 aliphatic rings. The zero-order chi connectivity index (χ0) is 17.7. The lowest BCUT2D eigenvalue weighted by Crippen LogP contribution is -2.19. The van der Waals surface area contributed by atoms with Gasteiger partial charge in [-0.05, 0) is 41.3 Å². The first-order chi connectivity index (χ1) is 11.3. The Kier molecular flexibility index (Phi) is 5.24. The fraction of sp³-hybridized carbons (Fsp3) is 0.263. The zero-order valence-corrected chi connectivity index (χ0v) is 14.1. The summed E-state index contributed by atoms with van der Waals surface area (Å²) in [5, 5.41) is 11.5. The lowest BCUT2D eigenvalue weighted by atomic mass is 9.87. The molecule has 2 rings (SSSR count). The van der Waals surface area contributed by atoms with Gasteiger partial charge in [-0.25, -0.2) is 4.79 Å². The second-order valence-electron chi connectivity index (χ2n) is 6.61. The van der Waals surface area contributed by atoms with E-state index in [1.54, 1.807) is 22.9 Å². The van der Waals surface area contributed by atoms with Crippen molar-refractivity contribution in [2.45, 2.75) is 32.7 Å². The van der Waals surface area contributed by atoms with Crippen LogP contribution < -0.4 is 5.32 Å². The smallest absolute Gasteiger partial charge is 0.328 e. The molecule has 5 nitrogen and oxygen atoms in total. The summed E-state index contributed by atoms with van der Waals surface area (Å²) in [6.45, 7) is 6.53. The molecule has 0 aliphatic carbocycles. The van der Waals surface area contributed by atoms with E-state index in [9.17, 15) is 9.59 Å². The number of carboxylic acid groups (broad SMARTS) is 1. The molecular weight excluding hydrogens is 304 g/mol. The number of carboxylic acids is 1. The Morgan fingerprint density at radius 3 is 2.42 bits per heavy atom. The van der Waals surface area contributed by atoms with Gasteiger partial charge in [-0.15, -0.1) is 0 Å². The van der Waals surface area contributed by atoms with Gasteiger partial charge in [-0.2, -0.15) is 0 Å². The maximum atomic E-state index is 12.2. The second-order valence-corrected chi connectivity index (χ2v) is 6.61. The monoisotopic (exact) mass is 326 g/mol. The summed E-state index contributed by atoms with van der Waals surface area (Å²) in [4.78, 5) is 22.8. The molecule has 1 amide bonds. The highest BCUT2D eigenvalue weighted by molar-refractivity contribution is 5.91. The minimum atomic E-state index is -1.02. The molecule has 0 aliphatic heterocycles. The van der Waals surface area contributed by atoms with Crippen LogP contribution in [0, 0.1) is 0 Å². The van der Waals surface area contributed by atoms with Crippen molar-refractivity contribution < 1.29 is 14.7 Å². The van der Waals surface area contributed by atoms with E-state index >= 15 is 0 Å². The molecule has 0 fully saturated rings. The van der Waals surface area contributed by atoms with Gasteiger partial charge in [0, 0.05) is 23.7 Å². The molecule has 0 atom stereocenters. The Hall–Kier alpha value is -2.82. The van der Waals surface area contributed by atoms with Crippen LogP contribution in [0.15, 0.2) is 48.7 Å². The summed E-state index contributed by atoms with van der Waals surface area (Å²) < 4.78 is 1.69. The number of nitrogens with zero attached hydrogens (tertiary/aromatic N) is 1. The number of amides is 1. The summed E-state index contributed by atoms with van der Waals surface area (Å²) in [5.74, 6) is -1.19. The van der Waals surface area contributed by atoms with Gasteiger partial charge in [0.25, 0.3) is 0 Å². The first kappa shape index (κ1) is 17.5. The number of carbonyl (C=O) groups is 2. The molecule has 0 saturated carbocycles. The largest absolute Gasteiger partial charge is 0.478 e. The quantitative estimate of drug-likeness (QED) is 0.826. The highest BCUT2D eigenvalue weighted by Crippen LogP contribution is 2.23. The summed E-state index contributed by atoms with van der Waals surface area (Å²) in [5.41, 5.74) is 2.67. The van der Waals surface area contributed by atoms with Crippen LogP contribution in [0.1, 0.15) is 32.0 Å². The predicted octanol–water partition coefficient (Wildman–Crippen LogP) is 3.52. The molecule has 0 bridgehead atoms. The average Bonchev–Trinajstić information content (AvgIpc) is 2.91. The van der Waals surface area contributed by atoms with E-state index in [4.69, 9.17) is 5.11 Å². The molecule has 2 aromatic rings. The zero-order valence-electron chi connectivity index (χ0n) is 14.1. The van der Waals surface area contributed by atoms with E-state index in [-0.39, 0.29) is 17.9 Å². The number of benzene rings is 1. The fourth-order valence-corrected chi connectivity index (χ4v) is 2.29. The summed E-state index contributed by atoms with van der Waals surface area (Å²) in [7, 11) is 0. The van der Waals surface area contributed by atoms with Crippen molar-refractivity contribution in [1.29, 1.82) is 0 Å². The molecule has 5 heteroatoms. The van der Waals surface area contributed by atoms with Gasteiger partial charge in [0.15, 0.2) is 0 Å². The van der Waals surface area contributed by atoms with E-state index in [0.717, 1.165) is 11.8 Å². The number of nitrogens with one attached hydrogen (secondary N) is 1. The first-order valence-corrected chi connectivity index (χ1v) is 7.72. The number of rotatable bonds is 5. The molecular formula is C19H22N2O3. The highest BCUT2D eigenvalue weighted by Gasteiger charge is 2.13. The number of anilines is 1.